The first-order chi connectivity index (χ1) is 5.94. The Bertz CT molecular complexity index is 165. The van der Waals surface area contributed by atoms with Gasteiger partial charge in [-0.15, -0.1) is 0 Å². The van der Waals surface area contributed by atoms with E-state index in [1.807, 2.05) is 0 Å². The fraction of sp³-hybridized carbons (Fsp3) is 1.00. The minimum Gasteiger partial charge on any atom is -0.329 e. The smallest absolute Gasteiger partial charge is 0.329 e. The fourth-order valence-corrected chi connectivity index (χ4v) is 1.61. The van der Waals surface area contributed by atoms with Gasteiger partial charge in [-0.2, -0.15) is 13.2 Å². The predicted molar refractivity (Wildman–Crippen MR) is 44.3 cm³/mol. The quantitative estimate of drug-likeness (QED) is 0.732. The molecule has 1 fully saturated rings. The van der Waals surface area contributed by atoms with E-state index >= 15 is 0 Å². The van der Waals surface area contributed by atoms with E-state index in [1.54, 1.807) is 0 Å². The highest BCUT2D eigenvalue weighted by molar-refractivity contribution is 4.88. The van der Waals surface area contributed by atoms with Crippen LogP contribution in [0, 0.1) is 5.92 Å². The molecule has 1 rings (SSSR count). The van der Waals surface area contributed by atoms with Crippen LogP contribution in [0.5, 0.6) is 0 Å². The van der Waals surface area contributed by atoms with Gasteiger partial charge in [0.25, 0.3) is 0 Å². The zero-order valence-corrected chi connectivity index (χ0v) is 7.64. The molecule has 0 aromatic heterocycles. The molecule has 0 aliphatic heterocycles. The van der Waals surface area contributed by atoms with Gasteiger partial charge in [-0.25, -0.2) is 0 Å². The SMILES string of the molecule is CN(CC(F)(F)F)C(CN)C1CC1. The maximum Gasteiger partial charge on any atom is 0.401 e. The van der Waals surface area contributed by atoms with Crippen molar-refractivity contribution in [3.63, 3.8) is 0 Å². The summed E-state index contributed by atoms with van der Waals surface area (Å²) in [6, 6.07) is -0.0957. The van der Waals surface area contributed by atoms with E-state index in [4.69, 9.17) is 5.73 Å². The molecule has 0 heterocycles. The van der Waals surface area contributed by atoms with E-state index < -0.39 is 12.7 Å². The summed E-state index contributed by atoms with van der Waals surface area (Å²) in [6.45, 7) is -0.539. The average molecular weight is 196 g/mol. The van der Waals surface area contributed by atoms with Crippen molar-refractivity contribution >= 4 is 0 Å². The molecule has 0 amide bonds. The van der Waals surface area contributed by atoms with Crippen LogP contribution in [0.3, 0.4) is 0 Å². The van der Waals surface area contributed by atoms with Crippen LogP contribution >= 0.6 is 0 Å². The summed E-state index contributed by atoms with van der Waals surface area (Å²) < 4.78 is 36.0. The third-order valence-corrected chi connectivity index (χ3v) is 2.40. The highest BCUT2D eigenvalue weighted by Crippen LogP contribution is 2.35. The van der Waals surface area contributed by atoms with Gasteiger partial charge < -0.3 is 5.73 Å². The Hall–Kier alpha value is -0.290. The summed E-state index contributed by atoms with van der Waals surface area (Å²) >= 11 is 0. The van der Waals surface area contributed by atoms with Crippen LogP contribution in [-0.2, 0) is 0 Å². The molecule has 0 aromatic carbocycles. The largest absolute Gasteiger partial charge is 0.401 e. The molecule has 2 nitrogen and oxygen atoms in total. The molecule has 5 heteroatoms. The van der Waals surface area contributed by atoms with Crippen LogP contribution in [-0.4, -0.2) is 37.3 Å². The van der Waals surface area contributed by atoms with Crippen molar-refractivity contribution in [1.29, 1.82) is 0 Å². The number of halogens is 3. The highest BCUT2D eigenvalue weighted by atomic mass is 19.4. The highest BCUT2D eigenvalue weighted by Gasteiger charge is 2.37. The molecule has 1 aliphatic rings. The third kappa shape index (κ3) is 3.52. The monoisotopic (exact) mass is 196 g/mol. The van der Waals surface area contributed by atoms with Crippen molar-refractivity contribution in [2.75, 3.05) is 20.1 Å². The maximum absolute atomic E-state index is 12.0. The lowest BCUT2D eigenvalue weighted by Crippen LogP contribution is -2.44. The molecule has 0 saturated heterocycles. The summed E-state index contributed by atoms with van der Waals surface area (Å²) in [5.74, 6) is 0.386. The molecule has 78 valence electrons. The number of nitrogens with two attached hydrogens (primary N) is 1. The summed E-state index contributed by atoms with van der Waals surface area (Å²) in [4.78, 5) is 1.32. The van der Waals surface area contributed by atoms with Crippen molar-refractivity contribution in [3.8, 4) is 0 Å². The Labute approximate surface area is 75.9 Å². The van der Waals surface area contributed by atoms with Gasteiger partial charge in [0.15, 0.2) is 0 Å². The zero-order chi connectivity index (χ0) is 10.1. The Morgan fingerprint density at radius 3 is 2.31 bits per heavy atom. The zero-order valence-electron chi connectivity index (χ0n) is 7.64. The van der Waals surface area contributed by atoms with Gasteiger partial charge >= 0.3 is 6.18 Å². The lowest BCUT2D eigenvalue weighted by atomic mass is 10.1. The first-order valence-corrected chi connectivity index (χ1v) is 4.41. The summed E-state index contributed by atoms with van der Waals surface area (Å²) in [7, 11) is 1.49. The predicted octanol–water partition coefficient (Wildman–Crippen LogP) is 1.22. The summed E-state index contributed by atoms with van der Waals surface area (Å²) in [6.07, 6.45) is -2.08. The molecule has 2 N–H and O–H groups in total. The molecule has 1 unspecified atom stereocenters. The van der Waals surface area contributed by atoms with E-state index in [0.29, 0.717) is 12.5 Å². The molecule has 0 bridgehead atoms. The second kappa shape index (κ2) is 3.84. The van der Waals surface area contributed by atoms with E-state index in [-0.39, 0.29) is 6.04 Å². The number of alkyl halides is 3. The van der Waals surface area contributed by atoms with Gasteiger partial charge in [-0.3, -0.25) is 4.90 Å². The second-order valence-corrected chi connectivity index (χ2v) is 3.67. The molecule has 0 aromatic rings. The number of rotatable bonds is 4. The molecular weight excluding hydrogens is 181 g/mol. The van der Waals surface area contributed by atoms with E-state index in [9.17, 15) is 13.2 Å². The van der Waals surface area contributed by atoms with Crippen LogP contribution in [0.15, 0.2) is 0 Å². The lowest BCUT2D eigenvalue weighted by Gasteiger charge is -2.27. The van der Waals surface area contributed by atoms with E-state index in [2.05, 4.69) is 0 Å². The third-order valence-electron chi connectivity index (χ3n) is 2.40. The van der Waals surface area contributed by atoms with Gasteiger partial charge in [0.1, 0.15) is 0 Å². The maximum atomic E-state index is 12.0. The molecular formula is C8H15F3N2. The molecule has 1 aliphatic carbocycles. The van der Waals surface area contributed by atoms with Crippen LogP contribution in [0.4, 0.5) is 13.2 Å². The first kappa shape index (κ1) is 10.8. The van der Waals surface area contributed by atoms with Crippen molar-refractivity contribution in [2.24, 2.45) is 11.7 Å². The molecule has 13 heavy (non-hydrogen) atoms. The normalized spacial score (nSPS) is 20.8. The second-order valence-electron chi connectivity index (χ2n) is 3.67. The van der Waals surface area contributed by atoms with E-state index in [0.717, 1.165) is 12.8 Å². The van der Waals surface area contributed by atoms with Crippen molar-refractivity contribution in [2.45, 2.75) is 25.1 Å². The van der Waals surface area contributed by atoms with Crippen LogP contribution < -0.4 is 5.73 Å². The van der Waals surface area contributed by atoms with E-state index in [1.165, 1.54) is 11.9 Å². The van der Waals surface area contributed by atoms with Gasteiger partial charge in [0.05, 0.1) is 6.54 Å². The Morgan fingerprint density at radius 2 is 2.00 bits per heavy atom. The summed E-state index contributed by atoms with van der Waals surface area (Å²) in [5, 5.41) is 0. The van der Waals surface area contributed by atoms with Gasteiger partial charge in [0.2, 0.25) is 0 Å². The number of hydrogen-bond donors (Lipinski definition) is 1. The molecule has 1 saturated carbocycles. The van der Waals surface area contributed by atoms with Gasteiger partial charge in [-0.05, 0) is 25.8 Å². The number of likely N-dealkylation sites (N-methyl/N-ethyl adjacent to an activating group) is 1. The Morgan fingerprint density at radius 1 is 1.46 bits per heavy atom. The number of nitrogens with zero attached hydrogens (tertiary/aromatic N) is 1. The van der Waals surface area contributed by atoms with Crippen molar-refractivity contribution in [1.82, 2.24) is 4.90 Å². The van der Waals surface area contributed by atoms with Crippen LogP contribution in [0.2, 0.25) is 0 Å². The van der Waals surface area contributed by atoms with Crippen molar-refractivity contribution in [3.05, 3.63) is 0 Å². The average Bonchev–Trinajstić information content (AvgIpc) is 2.68. The molecule has 0 spiro atoms. The van der Waals surface area contributed by atoms with Crippen molar-refractivity contribution < 1.29 is 13.2 Å². The van der Waals surface area contributed by atoms with Gasteiger partial charge in [0, 0.05) is 12.6 Å². The Kier molecular flexibility index (Phi) is 3.18. The van der Waals surface area contributed by atoms with Gasteiger partial charge in [-0.1, -0.05) is 0 Å². The summed E-state index contributed by atoms with van der Waals surface area (Å²) in [5.41, 5.74) is 5.42. The Balaban J connectivity index is 2.39. The standard InChI is InChI=1S/C8H15F3N2/c1-13(5-8(9,10)11)7(4-12)6-2-3-6/h6-7H,2-5,12H2,1H3. The topological polar surface area (TPSA) is 29.3 Å². The molecule has 0 radical (unpaired) electrons. The number of hydrogen-bond acceptors (Lipinski definition) is 2. The van der Waals surface area contributed by atoms with Crippen LogP contribution in [0.1, 0.15) is 12.8 Å². The first-order valence-electron chi connectivity index (χ1n) is 4.41. The minimum absolute atomic E-state index is 0.0957. The minimum atomic E-state index is -4.11. The fourth-order valence-electron chi connectivity index (χ4n) is 1.61. The van der Waals surface area contributed by atoms with Crippen LogP contribution in [0.25, 0.3) is 0 Å². The lowest BCUT2D eigenvalue weighted by molar-refractivity contribution is -0.147. The molecule has 1 atom stereocenters.